The van der Waals surface area contributed by atoms with Crippen molar-refractivity contribution in [3.05, 3.63) is 29.6 Å². The van der Waals surface area contributed by atoms with Crippen LogP contribution in [0.15, 0.2) is 12.3 Å². The molecule has 3 rings (SSSR count). The van der Waals surface area contributed by atoms with Crippen LogP contribution in [0.1, 0.15) is 76.7 Å². The lowest BCUT2D eigenvalue weighted by Gasteiger charge is -2.37. The van der Waals surface area contributed by atoms with Crippen LogP contribution in [0.2, 0.25) is 0 Å². The van der Waals surface area contributed by atoms with Gasteiger partial charge in [-0.2, -0.15) is 4.39 Å². The first-order valence-electron chi connectivity index (χ1n) is 9.98. The second-order valence-corrected chi connectivity index (χ2v) is 7.95. The molecule has 136 valence electrons. The van der Waals surface area contributed by atoms with E-state index in [2.05, 4.69) is 23.7 Å². The Balaban J connectivity index is 1.46. The normalized spacial score (nSPS) is 29.7. The molecule has 1 heterocycles. The maximum atomic E-state index is 13.2. The molecule has 0 spiro atoms. The summed E-state index contributed by atoms with van der Waals surface area (Å²) in [5, 5.41) is 0. The van der Waals surface area contributed by atoms with Gasteiger partial charge in [0.15, 0.2) is 5.82 Å². The fraction of sp³-hybridized carbons (Fsp3) is 0.682. The topological polar surface area (TPSA) is 12.9 Å². The van der Waals surface area contributed by atoms with Crippen LogP contribution in [-0.2, 0) is 0 Å². The molecule has 2 aliphatic carbocycles. The van der Waals surface area contributed by atoms with E-state index in [1.807, 2.05) is 0 Å². The van der Waals surface area contributed by atoms with E-state index in [1.165, 1.54) is 57.6 Å². The van der Waals surface area contributed by atoms with Crippen LogP contribution in [0, 0.1) is 47.3 Å². The van der Waals surface area contributed by atoms with Gasteiger partial charge >= 0.3 is 0 Å². The van der Waals surface area contributed by atoms with Crippen LogP contribution in [0.5, 0.6) is 0 Å². The second-order valence-electron chi connectivity index (χ2n) is 7.95. The molecule has 1 aromatic rings. The molecule has 2 aliphatic rings. The van der Waals surface area contributed by atoms with E-state index < -0.39 is 11.8 Å². The van der Waals surface area contributed by atoms with Crippen molar-refractivity contribution in [3.8, 4) is 11.8 Å². The van der Waals surface area contributed by atoms with Crippen molar-refractivity contribution in [1.29, 1.82) is 0 Å². The predicted octanol–water partition coefficient (Wildman–Crippen LogP) is 6.12. The number of hydrogen-bond donors (Lipinski definition) is 0. The van der Waals surface area contributed by atoms with Gasteiger partial charge in [0.25, 0.3) is 0 Å². The first-order valence-corrected chi connectivity index (χ1v) is 9.98. The summed E-state index contributed by atoms with van der Waals surface area (Å²) in [5.41, 5.74) is 0.468. The molecule has 1 aromatic heterocycles. The van der Waals surface area contributed by atoms with Crippen molar-refractivity contribution in [2.75, 3.05) is 0 Å². The van der Waals surface area contributed by atoms with Crippen LogP contribution < -0.4 is 0 Å². The van der Waals surface area contributed by atoms with Crippen LogP contribution in [0.3, 0.4) is 0 Å². The van der Waals surface area contributed by atoms with E-state index >= 15 is 0 Å². The van der Waals surface area contributed by atoms with Crippen molar-refractivity contribution < 1.29 is 8.78 Å². The summed E-state index contributed by atoms with van der Waals surface area (Å²) in [6, 6.07) is 1.13. The highest BCUT2D eigenvalue weighted by molar-refractivity contribution is 5.32. The maximum Gasteiger partial charge on any atom is 0.248 e. The quantitative estimate of drug-likeness (QED) is 0.475. The lowest BCUT2D eigenvalue weighted by molar-refractivity contribution is 0.154. The monoisotopic (exact) mass is 345 g/mol. The minimum atomic E-state index is -1.06. The largest absolute Gasteiger partial charge is 0.248 e. The standard InChI is InChI=1S/C22H29F2N/c1-2-3-16-6-10-19(11-7-16)20-12-8-17(9-13-20)4-5-18-14-21(23)22(24)25-15-18/h14-17,19-20H,2-3,6-13H2,1H3/t16-,17-,19-,20-. The number of halogens is 2. The first-order chi connectivity index (χ1) is 12.2. The zero-order valence-electron chi connectivity index (χ0n) is 15.2. The smallest absolute Gasteiger partial charge is 0.224 e. The molecule has 1 nitrogen and oxygen atoms in total. The molecule has 25 heavy (non-hydrogen) atoms. The zero-order chi connectivity index (χ0) is 17.6. The fourth-order valence-corrected chi connectivity index (χ4v) is 4.77. The third-order valence-electron chi connectivity index (χ3n) is 6.24. The Hall–Kier alpha value is -1.43. The Morgan fingerprint density at radius 3 is 2.24 bits per heavy atom. The summed E-state index contributed by atoms with van der Waals surface area (Å²) in [5.74, 6) is 7.43. The van der Waals surface area contributed by atoms with Gasteiger partial charge in [-0.05, 0) is 62.3 Å². The van der Waals surface area contributed by atoms with Crippen molar-refractivity contribution in [3.63, 3.8) is 0 Å². The van der Waals surface area contributed by atoms with Gasteiger partial charge in [0, 0.05) is 17.7 Å². The molecule has 2 fully saturated rings. The van der Waals surface area contributed by atoms with E-state index in [9.17, 15) is 8.78 Å². The number of hydrogen-bond acceptors (Lipinski definition) is 1. The van der Waals surface area contributed by atoms with Gasteiger partial charge in [-0.15, -0.1) is 0 Å². The Labute approximate surface area is 150 Å². The fourth-order valence-electron chi connectivity index (χ4n) is 4.77. The maximum absolute atomic E-state index is 13.2. The molecule has 0 saturated heterocycles. The van der Waals surface area contributed by atoms with E-state index in [1.54, 1.807) is 0 Å². The van der Waals surface area contributed by atoms with Crippen molar-refractivity contribution in [2.45, 2.75) is 71.1 Å². The number of nitrogens with zero attached hydrogens (tertiary/aromatic N) is 1. The second kappa shape index (κ2) is 8.79. The van der Waals surface area contributed by atoms with E-state index in [0.717, 1.165) is 36.7 Å². The van der Waals surface area contributed by atoms with Crippen LogP contribution in [-0.4, -0.2) is 4.98 Å². The molecular weight excluding hydrogens is 316 g/mol. The van der Waals surface area contributed by atoms with Crippen LogP contribution >= 0.6 is 0 Å². The summed E-state index contributed by atoms with van der Waals surface area (Å²) >= 11 is 0. The van der Waals surface area contributed by atoms with Gasteiger partial charge in [0.1, 0.15) is 0 Å². The summed E-state index contributed by atoms with van der Waals surface area (Å²) in [7, 11) is 0. The molecule has 0 N–H and O–H groups in total. The molecule has 0 aromatic carbocycles. The molecule has 0 unspecified atom stereocenters. The van der Waals surface area contributed by atoms with Gasteiger partial charge in [-0.1, -0.05) is 44.4 Å². The van der Waals surface area contributed by atoms with Gasteiger partial charge in [-0.3, -0.25) is 0 Å². The number of rotatable bonds is 3. The van der Waals surface area contributed by atoms with Crippen LogP contribution in [0.25, 0.3) is 0 Å². The van der Waals surface area contributed by atoms with E-state index in [-0.39, 0.29) is 0 Å². The van der Waals surface area contributed by atoms with Gasteiger partial charge in [0.2, 0.25) is 5.95 Å². The minimum Gasteiger partial charge on any atom is -0.224 e. The van der Waals surface area contributed by atoms with Gasteiger partial charge in [-0.25, -0.2) is 9.37 Å². The summed E-state index contributed by atoms with van der Waals surface area (Å²) in [6.45, 7) is 2.30. The van der Waals surface area contributed by atoms with Crippen LogP contribution in [0.4, 0.5) is 8.78 Å². The molecule has 0 aliphatic heterocycles. The third-order valence-corrected chi connectivity index (χ3v) is 6.24. The highest BCUT2D eigenvalue weighted by atomic mass is 19.2. The Morgan fingerprint density at radius 2 is 1.64 bits per heavy atom. The van der Waals surface area contributed by atoms with Gasteiger partial charge < -0.3 is 0 Å². The number of aromatic nitrogens is 1. The minimum absolute atomic E-state index is 0.390. The zero-order valence-corrected chi connectivity index (χ0v) is 15.2. The summed E-state index contributed by atoms with van der Waals surface area (Å²) in [6.07, 6.45) is 14.6. The van der Waals surface area contributed by atoms with E-state index in [4.69, 9.17) is 0 Å². The average Bonchev–Trinajstić information content (AvgIpc) is 2.64. The third kappa shape index (κ3) is 5.03. The lowest BCUT2D eigenvalue weighted by atomic mass is 9.69. The molecule has 0 bridgehead atoms. The molecule has 2 saturated carbocycles. The summed E-state index contributed by atoms with van der Waals surface area (Å²) < 4.78 is 26.0. The van der Waals surface area contributed by atoms with Crippen molar-refractivity contribution in [2.24, 2.45) is 23.7 Å². The number of pyridine rings is 1. The predicted molar refractivity (Wildman–Crippen MR) is 96.8 cm³/mol. The molecule has 0 atom stereocenters. The lowest BCUT2D eigenvalue weighted by Crippen LogP contribution is -2.25. The Bertz CT molecular complexity index is 615. The highest BCUT2D eigenvalue weighted by Crippen LogP contribution is 2.42. The Morgan fingerprint density at radius 1 is 1.00 bits per heavy atom. The first kappa shape index (κ1) is 18.4. The average molecular weight is 345 g/mol. The molecule has 3 heteroatoms. The van der Waals surface area contributed by atoms with E-state index in [0.29, 0.717) is 11.5 Å². The SMILES string of the molecule is CCC[C@H]1CC[C@H]([C@H]2CC[C@H](C#Cc3cnc(F)c(F)c3)CC2)CC1. The molecular formula is C22H29F2N. The Kier molecular flexibility index (Phi) is 6.45. The highest BCUT2D eigenvalue weighted by Gasteiger charge is 2.30. The molecule has 0 amide bonds. The van der Waals surface area contributed by atoms with Gasteiger partial charge in [0.05, 0.1) is 0 Å². The van der Waals surface area contributed by atoms with Crippen molar-refractivity contribution >= 4 is 0 Å². The molecule has 0 radical (unpaired) electrons. The summed E-state index contributed by atoms with van der Waals surface area (Å²) in [4.78, 5) is 3.39. The van der Waals surface area contributed by atoms with Crippen molar-refractivity contribution in [1.82, 2.24) is 4.98 Å².